The number of ether oxygens (including phenoxy) is 1. The van der Waals surface area contributed by atoms with Crippen LogP contribution in [-0.4, -0.2) is 68.9 Å². The Morgan fingerprint density at radius 2 is 2.17 bits per heavy atom. The Labute approximate surface area is 144 Å². The summed E-state index contributed by atoms with van der Waals surface area (Å²) in [4.78, 5) is 16.8. The van der Waals surface area contributed by atoms with Gasteiger partial charge in [-0.05, 0) is 32.2 Å². The Kier molecular flexibility index (Phi) is 6.07. The van der Waals surface area contributed by atoms with Crippen LogP contribution < -0.4 is 15.0 Å². The zero-order chi connectivity index (χ0) is 17.9. The zero-order valence-corrected chi connectivity index (χ0v) is 15.2. The topological polar surface area (TPSA) is 65.0 Å². The van der Waals surface area contributed by atoms with Gasteiger partial charge in [0.2, 0.25) is 0 Å². The summed E-state index contributed by atoms with van der Waals surface area (Å²) in [5.74, 6) is 0.662. The number of nitrogens with zero attached hydrogens (tertiary/aromatic N) is 2. The molecule has 1 aromatic carbocycles. The smallest absolute Gasteiger partial charge is 0.258 e. The van der Waals surface area contributed by atoms with Gasteiger partial charge in [0.05, 0.1) is 18.2 Å². The van der Waals surface area contributed by atoms with Gasteiger partial charge >= 0.3 is 0 Å². The van der Waals surface area contributed by atoms with Crippen LogP contribution in [0.5, 0.6) is 5.75 Å². The molecule has 0 bridgehead atoms. The highest BCUT2D eigenvalue weighted by Gasteiger charge is 2.32. The lowest BCUT2D eigenvalue weighted by Crippen LogP contribution is -2.49. The molecule has 0 fully saturated rings. The second kappa shape index (κ2) is 7.85. The highest BCUT2D eigenvalue weighted by molar-refractivity contribution is 5.98. The number of aliphatic hydroxyl groups excluding tert-OH is 1. The monoisotopic (exact) mass is 335 g/mol. The van der Waals surface area contributed by atoms with Gasteiger partial charge in [0, 0.05) is 38.8 Å². The quantitative estimate of drug-likeness (QED) is 0.846. The first kappa shape index (κ1) is 18.5. The number of aliphatic hydroxyl groups is 1. The molecule has 6 nitrogen and oxygen atoms in total. The lowest BCUT2D eigenvalue weighted by atomic mass is 9.99. The molecule has 0 radical (unpaired) electrons. The normalized spacial score (nSPS) is 22.2. The largest absolute Gasteiger partial charge is 0.488 e. The van der Waals surface area contributed by atoms with E-state index in [0.717, 1.165) is 5.69 Å². The summed E-state index contributed by atoms with van der Waals surface area (Å²) in [6, 6.07) is 5.45. The lowest BCUT2D eigenvalue weighted by Gasteiger charge is -2.37. The van der Waals surface area contributed by atoms with Crippen molar-refractivity contribution in [2.24, 2.45) is 5.92 Å². The van der Waals surface area contributed by atoms with E-state index in [-0.39, 0.29) is 30.6 Å². The Bertz CT molecular complexity index is 577. The Morgan fingerprint density at radius 3 is 2.75 bits per heavy atom. The summed E-state index contributed by atoms with van der Waals surface area (Å²) in [6.45, 7) is 5.14. The molecule has 3 atom stereocenters. The second-order valence-corrected chi connectivity index (χ2v) is 6.76. The summed E-state index contributed by atoms with van der Waals surface area (Å²) in [6.07, 6.45) is -0.0413. The average molecular weight is 335 g/mol. The average Bonchev–Trinajstić information content (AvgIpc) is 2.56. The number of anilines is 1. The first-order valence-corrected chi connectivity index (χ1v) is 8.43. The number of carbonyl (C=O) groups excluding carboxylic acids is 1. The third-order valence-electron chi connectivity index (χ3n) is 4.57. The molecule has 0 saturated heterocycles. The van der Waals surface area contributed by atoms with Crippen LogP contribution in [0.2, 0.25) is 0 Å². The van der Waals surface area contributed by atoms with E-state index in [4.69, 9.17) is 4.74 Å². The second-order valence-electron chi connectivity index (χ2n) is 6.76. The van der Waals surface area contributed by atoms with E-state index < -0.39 is 0 Å². The molecule has 0 spiro atoms. The molecule has 0 saturated carbocycles. The van der Waals surface area contributed by atoms with Gasteiger partial charge in [-0.2, -0.15) is 0 Å². The fourth-order valence-corrected chi connectivity index (χ4v) is 2.93. The molecule has 1 aliphatic heterocycles. The summed E-state index contributed by atoms with van der Waals surface area (Å²) in [5.41, 5.74) is 1.50. The van der Waals surface area contributed by atoms with Crippen molar-refractivity contribution >= 4 is 11.6 Å². The number of amides is 1. The van der Waals surface area contributed by atoms with Crippen LogP contribution in [0, 0.1) is 5.92 Å². The molecule has 2 N–H and O–H groups in total. The van der Waals surface area contributed by atoms with Crippen LogP contribution in [0.4, 0.5) is 5.69 Å². The Balaban J connectivity index is 2.49. The number of hydrogen-bond donors (Lipinski definition) is 2. The molecule has 1 aromatic rings. The van der Waals surface area contributed by atoms with Gasteiger partial charge in [-0.15, -0.1) is 0 Å². The maximum Gasteiger partial charge on any atom is 0.258 e. The minimum Gasteiger partial charge on any atom is -0.488 e. The van der Waals surface area contributed by atoms with Crippen molar-refractivity contribution in [3.05, 3.63) is 23.8 Å². The van der Waals surface area contributed by atoms with Crippen LogP contribution >= 0.6 is 0 Å². The van der Waals surface area contributed by atoms with E-state index in [9.17, 15) is 9.90 Å². The van der Waals surface area contributed by atoms with Gasteiger partial charge in [-0.1, -0.05) is 6.92 Å². The molecule has 1 amide bonds. The number of nitrogens with one attached hydrogen (secondary N) is 1. The van der Waals surface area contributed by atoms with Crippen LogP contribution in [-0.2, 0) is 0 Å². The highest BCUT2D eigenvalue weighted by atomic mass is 16.5. The summed E-state index contributed by atoms with van der Waals surface area (Å²) in [7, 11) is 5.77. The number of hydrogen-bond acceptors (Lipinski definition) is 5. The van der Waals surface area contributed by atoms with Crippen molar-refractivity contribution in [1.29, 1.82) is 0 Å². The first-order valence-electron chi connectivity index (χ1n) is 8.43. The molecule has 24 heavy (non-hydrogen) atoms. The molecule has 6 heteroatoms. The molecule has 1 heterocycles. The number of carbonyl (C=O) groups is 1. The number of likely N-dealkylation sites (N-methyl/N-ethyl adjacent to an activating group) is 1. The number of rotatable bonds is 5. The van der Waals surface area contributed by atoms with Crippen LogP contribution in [0.15, 0.2) is 18.2 Å². The SMILES string of the molecule is CNC[C@H]1Oc2ccc(N(C)C)cc2C(=O)N([C@@H](C)CO)C[C@@H]1C. The van der Waals surface area contributed by atoms with E-state index in [0.29, 0.717) is 24.4 Å². The molecule has 0 aromatic heterocycles. The molecule has 0 aliphatic carbocycles. The first-order chi connectivity index (χ1) is 11.4. The van der Waals surface area contributed by atoms with Crippen molar-refractivity contribution < 1.29 is 14.6 Å². The maximum absolute atomic E-state index is 13.1. The van der Waals surface area contributed by atoms with Crippen LogP contribution in [0.3, 0.4) is 0 Å². The Hall–Kier alpha value is -1.79. The van der Waals surface area contributed by atoms with Gasteiger partial charge in [0.1, 0.15) is 11.9 Å². The summed E-state index contributed by atoms with van der Waals surface area (Å²) >= 11 is 0. The third-order valence-corrected chi connectivity index (χ3v) is 4.57. The van der Waals surface area contributed by atoms with Gasteiger partial charge in [-0.3, -0.25) is 4.79 Å². The van der Waals surface area contributed by atoms with Crippen LogP contribution in [0.25, 0.3) is 0 Å². The van der Waals surface area contributed by atoms with Crippen molar-refractivity contribution in [2.45, 2.75) is 26.0 Å². The lowest BCUT2D eigenvalue weighted by molar-refractivity contribution is 0.0416. The molecule has 1 aliphatic rings. The van der Waals surface area contributed by atoms with Crippen LogP contribution in [0.1, 0.15) is 24.2 Å². The van der Waals surface area contributed by atoms with Crippen molar-refractivity contribution in [3.63, 3.8) is 0 Å². The molecule has 134 valence electrons. The minimum atomic E-state index is -0.232. The van der Waals surface area contributed by atoms with Crippen molar-refractivity contribution in [3.8, 4) is 5.75 Å². The van der Waals surface area contributed by atoms with Gasteiger partial charge in [-0.25, -0.2) is 0 Å². The molecule has 0 unspecified atom stereocenters. The number of fused-ring (bicyclic) bond motifs is 1. The van der Waals surface area contributed by atoms with Crippen molar-refractivity contribution in [2.75, 3.05) is 45.7 Å². The van der Waals surface area contributed by atoms with Gasteiger partial charge in [0.15, 0.2) is 0 Å². The predicted octanol–water partition coefficient (Wildman–Crippen LogP) is 1.19. The molecule has 2 rings (SSSR count). The summed E-state index contributed by atoms with van der Waals surface area (Å²) < 4.78 is 6.17. The Morgan fingerprint density at radius 1 is 1.46 bits per heavy atom. The summed E-state index contributed by atoms with van der Waals surface area (Å²) in [5, 5.41) is 12.7. The molecular formula is C18H29N3O3. The van der Waals surface area contributed by atoms with Gasteiger partial charge < -0.3 is 25.0 Å². The fraction of sp³-hybridized carbons (Fsp3) is 0.611. The fourth-order valence-electron chi connectivity index (χ4n) is 2.93. The van der Waals surface area contributed by atoms with E-state index >= 15 is 0 Å². The van der Waals surface area contributed by atoms with Crippen molar-refractivity contribution in [1.82, 2.24) is 10.2 Å². The van der Waals surface area contributed by atoms with E-state index in [2.05, 4.69) is 12.2 Å². The van der Waals surface area contributed by atoms with E-state index in [1.165, 1.54) is 0 Å². The third kappa shape index (κ3) is 3.82. The maximum atomic E-state index is 13.1. The highest BCUT2D eigenvalue weighted by Crippen LogP contribution is 2.30. The predicted molar refractivity (Wildman–Crippen MR) is 95.9 cm³/mol. The molecular weight excluding hydrogens is 306 g/mol. The minimum absolute atomic E-state index is 0.0413. The van der Waals surface area contributed by atoms with E-state index in [1.807, 2.05) is 51.2 Å². The standard InChI is InChI=1S/C18H29N3O3/c1-12-10-21(13(2)11-22)18(23)15-8-14(20(4)5)6-7-16(15)24-17(12)9-19-3/h6-8,12-13,17,19,22H,9-11H2,1-5H3/t12-,13-,17+/m0/s1. The zero-order valence-electron chi connectivity index (χ0n) is 15.2. The van der Waals surface area contributed by atoms with Gasteiger partial charge in [0.25, 0.3) is 5.91 Å². The number of benzene rings is 1. The van der Waals surface area contributed by atoms with E-state index in [1.54, 1.807) is 4.90 Å².